The highest BCUT2D eigenvalue weighted by Crippen LogP contribution is 2.04. The highest BCUT2D eigenvalue weighted by Gasteiger charge is 2.04. The lowest BCUT2D eigenvalue weighted by Gasteiger charge is -2.01. The van der Waals surface area contributed by atoms with Gasteiger partial charge in [-0.25, -0.2) is 5.43 Å². The molecule has 88 valence electrons. The summed E-state index contributed by atoms with van der Waals surface area (Å²) in [5.74, 6) is -0.111. The SMILES string of the molecule is Cn1cccc1CC(=O)N/N=C/c1cccs1. The molecule has 0 aromatic carbocycles. The van der Waals surface area contributed by atoms with E-state index in [-0.39, 0.29) is 5.91 Å². The van der Waals surface area contributed by atoms with Crippen molar-refractivity contribution in [1.29, 1.82) is 0 Å². The summed E-state index contributed by atoms with van der Waals surface area (Å²) in [6.07, 6.45) is 3.90. The summed E-state index contributed by atoms with van der Waals surface area (Å²) in [6.45, 7) is 0. The maximum Gasteiger partial charge on any atom is 0.245 e. The van der Waals surface area contributed by atoms with Gasteiger partial charge in [0.1, 0.15) is 0 Å². The van der Waals surface area contributed by atoms with Gasteiger partial charge in [0.15, 0.2) is 0 Å². The van der Waals surface area contributed by atoms with Crippen molar-refractivity contribution in [2.75, 3.05) is 0 Å². The molecule has 0 spiro atoms. The number of hydrogen-bond acceptors (Lipinski definition) is 3. The minimum Gasteiger partial charge on any atom is -0.354 e. The van der Waals surface area contributed by atoms with Crippen LogP contribution in [0.1, 0.15) is 10.6 Å². The zero-order valence-electron chi connectivity index (χ0n) is 9.46. The Labute approximate surface area is 104 Å². The van der Waals surface area contributed by atoms with Crippen molar-refractivity contribution in [2.45, 2.75) is 6.42 Å². The molecule has 5 heteroatoms. The van der Waals surface area contributed by atoms with Gasteiger partial charge in [-0.05, 0) is 23.6 Å². The number of aryl methyl sites for hydroxylation is 1. The largest absolute Gasteiger partial charge is 0.354 e. The summed E-state index contributed by atoms with van der Waals surface area (Å²) in [5, 5.41) is 5.87. The van der Waals surface area contributed by atoms with E-state index in [4.69, 9.17) is 0 Å². The van der Waals surface area contributed by atoms with Gasteiger partial charge < -0.3 is 4.57 Å². The summed E-state index contributed by atoms with van der Waals surface area (Å²) < 4.78 is 1.92. The van der Waals surface area contributed by atoms with Gasteiger partial charge in [0.05, 0.1) is 12.6 Å². The summed E-state index contributed by atoms with van der Waals surface area (Å²) in [6, 6.07) is 7.72. The number of nitrogens with zero attached hydrogens (tertiary/aromatic N) is 2. The molecule has 0 aliphatic heterocycles. The van der Waals surface area contributed by atoms with Crippen LogP contribution in [0, 0.1) is 0 Å². The van der Waals surface area contributed by atoms with Gasteiger partial charge in [-0.1, -0.05) is 6.07 Å². The van der Waals surface area contributed by atoms with E-state index in [0.29, 0.717) is 6.42 Å². The Bertz CT molecular complexity index is 514. The lowest BCUT2D eigenvalue weighted by Crippen LogP contribution is -2.20. The molecule has 1 amide bonds. The van der Waals surface area contributed by atoms with E-state index < -0.39 is 0 Å². The molecule has 1 N–H and O–H groups in total. The number of carbonyl (C=O) groups excluding carboxylic acids is 1. The normalized spacial score (nSPS) is 10.9. The van der Waals surface area contributed by atoms with Crippen LogP contribution in [-0.4, -0.2) is 16.7 Å². The Hall–Kier alpha value is -1.88. The van der Waals surface area contributed by atoms with Crippen LogP contribution in [0.15, 0.2) is 40.9 Å². The summed E-state index contributed by atoms with van der Waals surface area (Å²) in [5.41, 5.74) is 3.48. The second-order valence-corrected chi connectivity index (χ2v) is 4.58. The maximum atomic E-state index is 11.6. The molecule has 0 aliphatic carbocycles. The third kappa shape index (κ3) is 3.29. The molecule has 0 unspecified atom stereocenters. The number of thiophene rings is 1. The Morgan fingerprint density at radius 1 is 1.53 bits per heavy atom. The van der Waals surface area contributed by atoms with Crippen LogP contribution in [-0.2, 0) is 18.3 Å². The standard InChI is InChI=1S/C12H13N3OS/c1-15-6-2-4-10(15)8-12(16)14-13-9-11-5-3-7-17-11/h2-7,9H,8H2,1H3,(H,14,16)/b13-9+. The van der Waals surface area contributed by atoms with Crippen LogP contribution in [0.25, 0.3) is 0 Å². The van der Waals surface area contributed by atoms with Gasteiger partial charge in [-0.15, -0.1) is 11.3 Å². The van der Waals surface area contributed by atoms with Gasteiger partial charge in [-0.3, -0.25) is 4.79 Å². The fraction of sp³-hybridized carbons (Fsp3) is 0.167. The molecule has 0 fully saturated rings. The molecule has 0 atom stereocenters. The second kappa shape index (κ2) is 5.45. The molecular formula is C12H13N3OS. The maximum absolute atomic E-state index is 11.6. The van der Waals surface area contributed by atoms with Gasteiger partial charge in [0.25, 0.3) is 0 Å². The van der Waals surface area contributed by atoms with Crippen LogP contribution >= 0.6 is 11.3 Å². The first-order chi connectivity index (χ1) is 8.25. The topological polar surface area (TPSA) is 46.4 Å². The fourth-order valence-electron chi connectivity index (χ4n) is 1.42. The molecule has 4 nitrogen and oxygen atoms in total. The summed E-state index contributed by atoms with van der Waals surface area (Å²) in [4.78, 5) is 12.6. The van der Waals surface area contributed by atoms with E-state index in [1.807, 2.05) is 47.5 Å². The van der Waals surface area contributed by atoms with Crippen LogP contribution in [0.3, 0.4) is 0 Å². The monoisotopic (exact) mass is 247 g/mol. The number of hydrogen-bond donors (Lipinski definition) is 1. The fourth-order valence-corrected chi connectivity index (χ4v) is 2.00. The average molecular weight is 247 g/mol. The van der Waals surface area contributed by atoms with E-state index >= 15 is 0 Å². The molecule has 2 aromatic rings. The molecule has 0 saturated heterocycles. The molecule has 2 heterocycles. The van der Waals surface area contributed by atoms with E-state index in [1.165, 1.54) is 0 Å². The Kier molecular flexibility index (Phi) is 3.72. The van der Waals surface area contributed by atoms with E-state index in [2.05, 4.69) is 10.5 Å². The van der Waals surface area contributed by atoms with Gasteiger partial charge in [0.2, 0.25) is 5.91 Å². The Morgan fingerprint density at radius 2 is 2.41 bits per heavy atom. The lowest BCUT2D eigenvalue weighted by molar-refractivity contribution is -0.120. The number of carbonyl (C=O) groups is 1. The molecule has 0 radical (unpaired) electrons. The van der Waals surface area contributed by atoms with Crippen LogP contribution in [0.4, 0.5) is 0 Å². The van der Waals surface area contributed by atoms with Crippen molar-refractivity contribution in [1.82, 2.24) is 9.99 Å². The quantitative estimate of drug-likeness (QED) is 0.649. The average Bonchev–Trinajstić information content (AvgIpc) is 2.92. The van der Waals surface area contributed by atoms with Gasteiger partial charge >= 0.3 is 0 Å². The highest BCUT2D eigenvalue weighted by atomic mass is 32.1. The van der Waals surface area contributed by atoms with E-state index in [1.54, 1.807) is 17.6 Å². The number of amides is 1. The van der Waals surface area contributed by atoms with Crippen molar-refractivity contribution < 1.29 is 4.79 Å². The van der Waals surface area contributed by atoms with Crippen molar-refractivity contribution in [3.05, 3.63) is 46.4 Å². The van der Waals surface area contributed by atoms with Crippen LogP contribution < -0.4 is 5.43 Å². The zero-order valence-corrected chi connectivity index (χ0v) is 10.3. The predicted molar refractivity (Wildman–Crippen MR) is 69.2 cm³/mol. The minimum atomic E-state index is -0.111. The molecular weight excluding hydrogens is 234 g/mol. The van der Waals surface area contributed by atoms with Crippen molar-refractivity contribution in [3.63, 3.8) is 0 Å². The molecule has 2 aromatic heterocycles. The van der Waals surface area contributed by atoms with Crippen molar-refractivity contribution >= 4 is 23.5 Å². The molecule has 17 heavy (non-hydrogen) atoms. The first-order valence-electron chi connectivity index (χ1n) is 5.21. The predicted octanol–water partition coefficient (Wildman–Crippen LogP) is 1.78. The Morgan fingerprint density at radius 3 is 3.06 bits per heavy atom. The minimum absolute atomic E-state index is 0.111. The number of rotatable bonds is 4. The third-order valence-corrected chi connectivity index (χ3v) is 3.12. The Balaban J connectivity index is 1.84. The molecule has 0 aliphatic rings. The molecule has 0 saturated carbocycles. The first kappa shape index (κ1) is 11.6. The van der Waals surface area contributed by atoms with Crippen LogP contribution in [0.2, 0.25) is 0 Å². The van der Waals surface area contributed by atoms with Gasteiger partial charge in [-0.2, -0.15) is 5.10 Å². The van der Waals surface area contributed by atoms with E-state index in [9.17, 15) is 4.79 Å². The van der Waals surface area contributed by atoms with E-state index in [0.717, 1.165) is 10.6 Å². The highest BCUT2D eigenvalue weighted by molar-refractivity contribution is 7.11. The zero-order chi connectivity index (χ0) is 12.1. The molecule has 0 bridgehead atoms. The number of aromatic nitrogens is 1. The van der Waals surface area contributed by atoms with Gasteiger partial charge in [0, 0.05) is 23.8 Å². The lowest BCUT2D eigenvalue weighted by atomic mass is 10.3. The second-order valence-electron chi connectivity index (χ2n) is 3.60. The summed E-state index contributed by atoms with van der Waals surface area (Å²) >= 11 is 1.58. The number of nitrogens with one attached hydrogen (secondary N) is 1. The smallest absolute Gasteiger partial charge is 0.245 e. The summed E-state index contributed by atoms with van der Waals surface area (Å²) in [7, 11) is 1.91. The van der Waals surface area contributed by atoms with Crippen LogP contribution in [0.5, 0.6) is 0 Å². The number of hydrazone groups is 1. The van der Waals surface area contributed by atoms with Crippen molar-refractivity contribution in [3.8, 4) is 0 Å². The van der Waals surface area contributed by atoms with Crippen molar-refractivity contribution in [2.24, 2.45) is 12.1 Å². The third-order valence-electron chi connectivity index (χ3n) is 2.32. The molecule has 2 rings (SSSR count). The first-order valence-corrected chi connectivity index (χ1v) is 6.09.